The van der Waals surface area contributed by atoms with E-state index in [9.17, 15) is 5.26 Å². The highest BCUT2D eigenvalue weighted by Crippen LogP contribution is 2.38. The van der Waals surface area contributed by atoms with Gasteiger partial charge in [0.05, 0.1) is 23.1 Å². The van der Waals surface area contributed by atoms with Crippen molar-refractivity contribution in [1.29, 1.82) is 5.26 Å². The van der Waals surface area contributed by atoms with Gasteiger partial charge in [-0.05, 0) is 29.8 Å². The molecule has 0 aliphatic rings. The van der Waals surface area contributed by atoms with Crippen LogP contribution in [0.4, 0.5) is 22.7 Å². The fourth-order valence-electron chi connectivity index (χ4n) is 2.95. The minimum absolute atomic E-state index is 0.575. The summed E-state index contributed by atoms with van der Waals surface area (Å²) in [5, 5.41) is 12.8. The van der Waals surface area contributed by atoms with Crippen molar-refractivity contribution >= 4 is 22.7 Å². The Balaban J connectivity index is 2.38. The first-order valence-corrected chi connectivity index (χ1v) is 8.93. The number of nitriles is 1. The third-order valence-electron chi connectivity index (χ3n) is 4.27. The molecular formula is C22H29N5. The van der Waals surface area contributed by atoms with Crippen molar-refractivity contribution in [3.8, 4) is 6.07 Å². The molecule has 27 heavy (non-hydrogen) atoms. The predicted molar refractivity (Wildman–Crippen MR) is 117 cm³/mol. The standard InChI is InChI=1S/C22H29N5/c1-25(2)20-13-17(14-21(26(3)4)22(20)27(5)6)12-18(15-23)16-24-19-10-8-7-9-11-19/h7-11,13-14,16,24H,12H2,1-6H3. The number of para-hydroxylation sites is 1. The van der Waals surface area contributed by atoms with E-state index in [0.29, 0.717) is 12.0 Å². The topological polar surface area (TPSA) is 45.5 Å². The van der Waals surface area contributed by atoms with Gasteiger partial charge in [-0.2, -0.15) is 5.26 Å². The minimum Gasteiger partial charge on any atom is -0.376 e. The summed E-state index contributed by atoms with van der Waals surface area (Å²) in [7, 11) is 12.3. The fourth-order valence-corrected chi connectivity index (χ4v) is 2.95. The van der Waals surface area contributed by atoms with Crippen LogP contribution in [0.3, 0.4) is 0 Å². The van der Waals surface area contributed by atoms with Crippen LogP contribution in [0.25, 0.3) is 0 Å². The summed E-state index contributed by atoms with van der Waals surface area (Å²) >= 11 is 0. The van der Waals surface area contributed by atoms with Gasteiger partial charge in [-0.1, -0.05) is 18.2 Å². The molecule has 0 unspecified atom stereocenters. The van der Waals surface area contributed by atoms with Gasteiger partial charge in [0.15, 0.2) is 0 Å². The van der Waals surface area contributed by atoms with Crippen molar-refractivity contribution in [2.24, 2.45) is 0 Å². The maximum absolute atomic E-state index is 9.58. The summed E-state index contributed by atoms with van der Waals surface area (Å²) in [5.41, 5.74) is 6.19. The molecule has 0 aromatic heterocycles. The Morgan fingerprint density at radius 1 is 0.926 bits per heavy atom. The average Bonchev–Trinajstić information content (AvgIpc) is 2.64. The quantitative estimate of drug-likeness (QED) is 0.755. The first kappa shape index (κ1) is 20.2. The Bertz CT molecular complexity index is 801. The van der Waals surface area contributed by atoms with Gasteiger partial charge < -0.3 is 20.0 Å². The Hall–Kier alpha value is -3.13. The zero-order valence-electron chi connectivity index (χ0n) is 17.1. The molecule has 0 fully saturated rings. The lowest BCUT2D eigenvalue weighted by Gasteiger charge is -2.29. The maximum atomic E-state index is 9.58. The summed E-state index contributed by atoms with van der Waals surface area (Å²) < 4.78 is 0. The molecule has 2 aromatic rings. The summed E-state index contributed by atoms with van der Waals surface area (Å²) in [6.07, 6.45) is 2.37. The summed E-state index contributed by atoms with van der Waals surface area (Å²) in [6.45, 7) is 0. The van der Waals surface area contributed by atoms with Crippen LogP contribution in [-0.4, -0.2) is 42.3 Å². The van der Waals surface area contributed by atoms with Gasteiger partial charge in [-0.25, -0.2) is 0 Å². The first-order chi connectivity index (χ1) is 12.8. The van der Waals surface area contributed by atoms with Gasteiger partial charge in [0.1, 0.15) is 0 Å². The van der Waals surface area contributed by atoms with E-state index in [2.05, 4.69) is 52.3 Å². The molecule has 0 aliphatic carbocycles. The van der Waals surface area contributed by atoms with Crippen molar-refractivity contribution in [3.05, 3.63) is 59.8 Å². The Kier molecular flexibility index (Phi) is 6.73. The number of benzene rings is 2. The smallest absolute Gasteiger partial charge is 0.0965 e. The molecule has 0 amide bonds. The molecule has 142 valence electrons. The monoisotopic (exact) mass is 363 g/mol. The van der Waals surface area contributed by atoms with Crippen LogP contribution in [0, 0.1) is 11.3 Å². The van der Waals surface area contributed by atoms with E-state index in [4.69, 9.17) is 0 Å². The van der Waals surface area contributed by atoms with Gasteiger partial charge in [0.25, 0.3) is 0 Å². The van der Waals surface area contributed by atoms with E-state index >= 15 is 0 Å². The van der Waals surface area contributed by atoms with E-state index < -0.39 is 0 Å². The molecule has 0 atom stereocenters. The van der Waals surface area contributed by atoms with Crippen LogP contribution in [0.5, 0.6) is 0 Å². The number of anilines is 4. The van der Waals surface area contributed by atoms with Crippen LogP contribution < -0.4 is 20.0 Å². The molecule has 2 aromatic carbocycles. The first-order valence-electron chi connectivity index (χ1n) is 8.93. The van der Waals surface area contributed by atoms with E-state index in [-0.39, 0.29) is 0 Å². The summed E-state index contributed by atoms with van der Waals surface area (Å²) in [4.78, 5) is 6.36. The molecule has 0 bridgehead atoms. The molecule has 0 spiro atoms. The summed E-state index contributed by atoms with van der Waals surface area (Å²) in [5.74, 6) is 0. The average molecular weight is 364 g/mol. The Morgan fingerprint density at radius 3 is 1.93 bits per heavy atom. The van der Waals surface area contributed by atoms with Crippen molar-refractivity contribution < 1.29 is 0 Å². The van der Waals surface area contributed by atoms with Crippen LogP contribution in [0.15, 0.2) is 54.2 Å². The lowest BCUT2D eigenvalue weighted by atomic mass is 10.0. The Labute approximate surface area is 163 Å². The van der Waals surface area contributed by atoms with E-state index in [1.54, 1.807) is 6.20 Å². The minimum atomic E-state index is 0.575. The van der Waals surface area contributed by atoms with Crippen molar-refractivity contribution in [3.63, 3.8) is 0 Å². The second-order valence-electron chi connectivity index (χ2n) is 7.13. The third kappa shape index (κ3) is 5.18. The van der Waals surface area contributed by atoms with Crippen molar-refractivity contribution in [2.75, 3.05) is 62.3 Å². The SMILES string of the molecule is CN(C)c1cc(CC(C#N)=CNc2ccccc2)cc(N(C)C)c1N(C)C. The van der Waals surface area contributed by atoms with Crippen molar-refractivity contribution in [1.82, 2.24) is 0 Å². The van der Waals surface area contributed by atoms with E-state index in [1.807, 2.05) is 58.5 Å². The molecule has 0 aliphatic heterocycles. The molecule has 1 N–H and O–H groups in total. The van der Waals surface area contributed by atoms with Gasteiger partial charge >= 0.3 is 0 Å². The van der Waals surface area contributed by atoms with Crippen LogP contribution >= 0.6 is 0 Å². The fraction of sp³-hybridized carbons (Fsp3) is 0.318. The van der Waals surface area contributed by atoms with Gasteiger partial charge in [-0.3, -0.25) is 0 Å². The molecule has 0 radical (unpaired) electrons. The predicted octanol–water partition coefficient (Wildman–Crippen LogP) is 3.95. The molecule has 0 saturated heterocycles. The van der Waals surface area contributed by atoms with Crippen LogP contribution in [0.1, 0.15) is 5.56 Å². The second-order valence-corrected chi connectivity index (χ2v) is 7.13. The van der Waals surface area contributed by atoms with Crippen molar-refractivity contribution in [2.45, 2.75) is 6.42 Å². The van der Waals surface area contributed by atoms with E-state index in [1.165, 1.54) is 5.69 Å². The lowest BCUT2D eigenvalue weighted by molar-refractivity contribution is 1.03. The lowest BCUT2D eigenvalue weighted by Crippen LogP contribution is -2.21. The highest BCUT2D eigenvalue weighted by Gasteiger charge is 2.16. The largest absolute Gasteiger partial charge is 0.376 e. The number of allylic oxidation sites excluding steroid dienone is 1. The number of rotatable bonds is 7. The van der Waals surface area contributed by atoms with Crippen LogP contribution in [0.2, 0.25) is 0 Å². The highest BCUT2D eigenvalue weighted by atomic mass is 15.2. The van der Waals surface area contributed by atoms with Gasteiger partial charge in [0, 0.05) is 66.2 Å². The highest BCUT2D eigenvalue weighted by molar-refractivity contribution is 5.85. The number of hydrogen-bond donors (Lipinski definition) is 1. The molecule has 5 heteroatoms. The molecule has 5 nitrogen and oxygen atoms in total. The number of hydrogen-bond acceptors (Lipinski definition) is 5. The third-order valence-corrected chi connectivity index (χ3v) is 4.27. The van der Waals surface area contributed by atoms with Gasteiger partial charge in [0.2, 0.25) is 0 Å². The second kappa shape index (κ2) is 9.00. The Morgan fingerprint density at radius 2 is 1.48 bits per heavy atom. The number of nitrogens with zero attached hydrogens (tertiary/aromatic N) is 4. The van der Waals surface area contributed by atoms with Gasteiger partial charge in [-0.15, -0.1) is 0 Å². The molecule has 0 saturated carbocycles. The zero-order valence-corrected chi connectivity index (χ0v) is 17.1. The maximum Gasteiger partial charge on any atom is 0.0965 e. The summed E-state index contributed by atoms with van der Waals surface area (Å²) in [6, 6.07) is 16.5. The molecule has 0 heterocycles. The zero-order chi connectivity index (χ0) is 20.0. The number of nitrogens with one attached hydrogen (secondary N) is 1. The molecular weight excluding hydrogens is 334 g/mol. The van der Waals surface area contributed by atoms with E-state index in [0.717, 1.165) is 22.6 Å². The van der Waals surface area contributed by atoms with Crippen LogP contribution in [-0.2, 0) is 6.42 Å². The molecule has 2 rings (SSSR count). The normalized spacial score (nSPS) is 10.9.